The van der Waals surface area contributed by atoms with E-state index in [1.54, 1.807) is 13.2 Å². The number of rotatable bonds is 4. The summed E-state index contributed by atoms with van der Waals surface area (Å²) in [4.78, 5) is 0. The normalized spacial score (nSPS) is 23.3. The number of benzene rings is 1. The van der Waals surface area contributed by atoms with Crippen molar-refractivity contribution >= 4 is 5.69 Å². The molecule has 0 aromatic heterocycles. The van der Waals surface area contributed by atoms with Crippen molar-refractivity contribution in [2.45, 2.75) is 12.0 Å². The van der Waals surface area contributed by atoms with Crippen LogP contribution in [-0.2, 0) is 9.47 Å². The van der Waals surface area contributed by atoms with Gasteiger partial charge in [0.05, 0.1) is 18.2 Å². The van der Waals surface area contributed by atoms with Crippen molar-refractivity contribution in [1.29, 1.82) is 5.26 Å². The monoisotopic (exact) mass is 232 g/mol. The maximum absolute atomic E-state index is 8.82. The Hall–Kier alpha value is -1.57. The van der Waals surface area contributed by atoms with E-state index >= 15 is 0 Å². The molecule has 90 valence electrons. The lowest BCUT2D eigenvalue weighted by molar-refractivity contribution is -0.00619. The minimum atomic E-state index is -0.233. The van der Waals surface area contributed by atoms with Crippen LogP contribution in [-0.4, -0.2) is 32.5 Å². The molecule has 4 nitrogen and oxygen atoms in total. The van der Waals surface area contributed by atoms with Gasteiger partial charge in [-0.2, -0.15) is 5.26 Å². The first-order chi connectivity index (χ1) is 8.28. The topological polar surface area (TPSA) is 54.3 Å². The SMILES string of the molecule is COC1(CNc2cccc(C#N)c2)CCOC1. The fraction of sp³-hybridized carbons (Fsp3) is 0.462. The van der Waals surface area contributed by atoms with Crippen LogP contribution in [0.25, 0.3) is 0 Å². The molecule has 1 aromatic carbocycles. The second-order valence-electron chi connectivity index (χ2n) is 4.24. The third kappa shape index (κ3) is 2.76. The largest absolute Gasteiger partial charge is 0.382 e. The standard InChI is InChI=1S/C13H16N2O2/c1-16-13(5-6-17-10-13)9-15-12-4-2-3-11(7-12)8-14/h2-4,7,15H,5-6,9-10H2,1H3. The summed E-state index contributed by atoms with van der Waals surface area (Å²) in [6.07, 6.45) is 0.897. The molecule has 0 aliphatic carbocycles. The number of hydrogen-bond donors (Lipinski definition) is 1. The van der Waals surface area contributed by atoms with Gasteiger partial charge in [-0.1, -0.05) is 6.07 Å². The van der Waals surface area contributed by atoms with E-state index < -0.39 is 0 Å². The predicted molar refractivity (Wildman–Crippen MR) is 64.8 cm³/mol. The molecule has 1 aliphatic heterocycles. The molecule has 1 aromatic rings. The number of ether oxygens (including phenoxy) is 2. The number of nitriles is 1. The van der Waals surface area contributed by atoms with Gasteiger partial charge >= 0.3 is 0 Å². The van der Waals surface area contributed by atoms with Gasteiger partial charge in [0.2, 0.25) is 0 Å². The van der Waals surface area contributed by atoms with Gasteiger partial charge in [-0.25, -0.2) is 0 Å². The van der Waals surface area contributed by atoms with Crippen molar-refractivity contribution in [2.24, 2.45) is 0 Å². The lowest BCUT2D eigenvalue weighted by Gasteiger charge is -2.26. The Balaban J connectivity index is 1.99. The second kappa shape index (κ2) is 5.17. The molecule has 1 saturated heterocycles. The van der Waals surface area contributed by atoms with E-state index in [4.69, 9.17) is 14.7 Å². The van der Waals surface area contributed by atoms with Gasteiger partial charge in [0.25, 0.3) is 0 Å². The molecule has 0 saturated carbocycles. The van der Waals surface area contributed by atoms with Crippen molar-refractivity contribution in [3.8, 4) is 6.07 Å². The van der Waals surface area contributed by atoms with Gasteiger partial charge in [-0.15, -0.1) is 0 Å². The third-order valence-corrected chi connectivity index (χ3v) is 3.11. The Bertz CT molecular complexity index is 420. The fourth-order valence-corrected chi connectivity index (χ4v) is 1.92. The van der Waals surface area contributed by atoms with Crippen molar-refractivity contribution in [3.63, 3.8) is 0 Å². The average Bonchev–Trinajstić information content (AvgIpc) is 2.86. The summed E-state index contributed by atoms with van der Waals surface area (Å²) in [7, 11) is 1.71. The predicted octanol–water partition coefficient (Wildman–Crippen LogP) is 1.78. The van der Waals surface area contributed by atoms with Crippen LogP contribution in [0, 0.1) is 11.3 Å². The van der Waals surface area contributed by atoms with E-state index in [0.717, 1.165) is 18.7 Å². The Morgan fingerprint density at radius 1 is 1.59 bits per heavy atom. The highest BCUT2D eigenvalue weighted by atomic mass is 16.5. The van der Waals surface area contributed by atoms with E-state index in [9.17, 15) is 0 Å². The number of nitrogens with zero attached hydrogens (tertiary/aromatic N) is 1. The van der Waals surface area contributed by atoms with Crippen LogP contribution in [0.4, 0.5) is 5.69 Å². The summed E-state index contributed by atoms with van der Waals surface area (Å²) in [6, 6.07) is 9.55. The van der Waals surface area contributed by atoms with Crippen molar-refractivity contribution in [3.05, 3.63) is 29.8 Å². The highest BCUT2D eigenvalue weighted by molar-refractivity contribution is 5.49. The van der Waals surface area contributed by atoms with E-state index in [-0.39, 0.29) is 5.60 Å². The molecule has 1 atom stereocenters. The quantitative estimate of drug-likeness (QED) is 0.859. The third-order valence-electron chi connectivity index (χ3n) is 3.11. The lowest BCUT2D eigenvalue weighted by Crippen LogP contribution is -2.39. The van der Waals surface area contributed by atoms with E-state index in [0.29, 0.717) is 18.7 Å². The molecule has 0 bridgehead atoms. The number of nitrogens with one attached hydrogen (secondary N) is 1. The zero-order valence-corrected chi connectivity index (χ0v) is 9.90. The summed E-state index contributed by atoms with van der Waals surface area (Å²) in [5, 5.41) is 12.1. The van der Waals surface area contributed by atoms with E-state index in [1.807, 2.05) is 18.2 Å². The van der Waals surface area contributed by atoms with Gasteiger partial charge < -0.3 is 14.8 Å². The minimum absolute atomic E-state index is 0.233. The molecule has 2 rings (SSSR count). The summed E-state index contributed by atoms with van der Waals surface area (Å²) in [6.45, 7) is 2.06. The van der Waals surface area contributed by atoms with Gasteiger partial charge in [0.15, 0.2) is 0 Å². The van der Waals surface area contributed by atoms with Gasteiger partial charge in [0.1, 0.15) is 5.60 Å². The Kier molecular flexibility index (Phi) is 3.62. The Labute approximate surface area is 101 Å². The van der Waals surface area contributed by atoms with Crippen LogP contribution in [0.5, 0.6) is 0 Å². The molecule has 1 aliphatic rings. The molecule has 1 heterocycles. The van der Waals surface area contributed by atoms with Crippen LogP contribution in [0.2, 0.25) is 0 Å². The first-order valence-electron chi connectivity index (χ1n) is 5.65. The average molecular weight is 232 g/mol. The zero-order chi connectivity index (χ0) is 12.1. The first kappa shape index (κ1) is 11.9. The maximum atomic E-state index is 8.82. The molecule has 0 spiro atoms. The highest BCUT2D eigenvalue weighted by Crippen LogP contribution is 2.23. The molecule has 1 N–H and O–H groups in total. The van der Waals surface area contributed by atoms with E-state index in [2.05, 4.69) is 11.4 Å². The zero-order valence-electron chi connectivity index (χ0n) is 9.90. The Morgan fingerprint density at radius 3 is 3.12 bits per heavy atom. The van der Waals surface area contributed by atoms with E-state index in [1.165, 1.54) is 0 Å². The van der Waals surface area contributed by atoms with Gasteiger partial charge in [-0.05, 0) is 18.2 Å². The number of anilines is 1. The summed E-state index contributed by atoms with van der Waals surface area (Å²) < 4.78 is 10.9. The minimum Gasteiger partial charge on any atom is -0.382 e. The maximum Gasteiger partial charge on any atom is 0.110 e. The summed E-state index contributed by atoms with van der Waals surface area (Å²) in [5.41, 5.74) is 1.36. The number of methoxy groups -OCH3 is 1. The molecule has 1 unspecified atom stereocenters. The molecule has 4 heteroatoms. The van der Waals surface area contributed by atoms with Crippen LogP contribution in [0.3, 0.4) is 0 Å². The molecule has 0 radical (unpaired) electrons. The number of hydrogen-bond acceptors (Lipinski definition) is 4. The highest BCUT2D eigenvalue weighted by Gasteiger charge is 2.34. The van der Waals surface area contributed by atoms with Crippen molar-refractivity contribution in [2.75, 3.05) is 32.2 Å². The van der Waals surface area contributed by atoms with Crippen LogP contribution in [0.15, 0.2) is 24.3 Å². The Morgan fingerprint density at radius 2 is 2.47 bits per heavy atom. The van der Waals surface area contributed by atoms with Crippen LogP contribution < -0.4 is 5.32 Å². The second-order valence-corrected chi connectivity index (χ2v) is 4.24. The van der Waals surface area contributed by atoms with Crippen molar-refractivity contribution in [1.82, 2.24) is 0 Å². The molecular formula is C13H16N2O2. The molecule has 0 amide bonds. The summed E-state index contributed by atoms with van der Waals surface area (Å²) in [5.74, 6) is 0. The van der Waals surface area contributed by atoms with Crippen molar-refractivity contribution < 1.29 is 9.47 Å². The molecule has 1 fully saturated rings. The van der Waals surface area contributed by atoms with Crippen LogP contribution in [0.1, 0.15) is 12.0 Å². The molecule has 17 heavy (non-hydrogen) atoms. The van der Waals surface area contributed by atoms with Gasteiger partial charge in [0, 0.05) is 32.4 Å². The molecular weight excluding hydrogens is 216 g/mol. The fourth-order valence-electron chi connectivity index (χ4n) is 1.92. The summed E-state index contributed by atoms with van der Waals surface area (Å²) >= 11 is 0. The first-order valence-corrected chi connectivity index (χ1v) is 5.65. The lowest BCUT2D eigenvalue weighted by atomic mass is 10.0. The van der Waals surface area contributed by atoms with Gasteiger partial charge in [-0.3, -0.25) is 0 Å². The smallest absolute Gasteiger partial charge is 0.110 e. The van der Waals surface area contributed by atoms with Crippen LogP contribution >= 0.6 is 0 Å².